The van der Waals surface area contributed by atoms with E-state index in [0.29, 0.717) is 11.8 Å². The van der Waals surface area contributed by atoms with E-state index in [2.05, 4.69) is 27.3 Å². The number of nitrogens with zero attached hydrogens (tertiary/aromatic N) is 3. The molecule has 1 N–H and O–H groups in total. The van der Waals surface area contributed by atoms with Gasteiger partial charge < -0.3 is 4.90 Å². The van der Waals surface area contributed by atoms with Crippen LogP contribution >= 0.6 is 11.6 Å². The van der Waals surface area contributed by atoms with Gasteiger partial charge in [-0.05, 0) is 5.56 Å². The van der Waals surface area contributed by atoms with Crippen molar-refractivity contribution in [2.24, 2.45) is 0 Å². The summed E-state index contributed by atoms with van der Waals surface area (Å²) in [6.45, 7) is 0.740. The molecule has 5 heteroatoms. The van der Waals surface area contributed by atoms with Crippen LogP contribution in [0, 0.1) is 0 Å². The second kappa shape index (κ2) is 5.68. The van der Waals surface area contributed by atoms with Gasteiger partial charge in [-0.3, -0.25) is 5.10 Å². The van der Waals surface area contributed by atoms with Crippen molar-refractivity contribution in [2.75, 3.05) is 24.4 Å². The summed E-state index contributed by atoms with van der Waals surface area (Å²) in [6.07, 6.45) is 0.766. The monoisotopic (exact) mass is 250 g/mol. The zero-order chi connectivity index (χ0) is 12.1. The minimum absolute atomic E-state index is 0.569. The van der Waals surface area contributed by atoms with Crippen LogP contribution in [0.25, 0.3) is 0 Å². The largest absolute Gasteiger partial charge is 0.341 e. The molecule has 1 heterocycles. The number of anilines is 1. The van der Waals surface area contributed by atoms with Gasteiger partial charge >= 0.3 is 0 Å². The molecule has 0 fully saturated rings. The third-order valence-electron chi connectivity index (χ3n) is 2.50. The Hall–Kier alpha value is -1.55. The molecule has 2 rings (SSSR count). The lowest BCUT2D eigenvalue weighted by molar-refractivity contribution is 0.909. The molecule has 0 saturated carbocycles. The van der Waals surface area contributed by atoms with Crippen LogP contribution in [0.3, 0.4) is 0 Å². The van der Waals surface area contributed by atoms with Crippen molar-refractivity contribution in [3.05, 3.63) is 41.7 Å². The van der Waals surface area contributed by atoms with Crippen molar-refractivity contribution >= 4 is 17.5 Å². The zero-order valence-corrected chi connectivity index (χ0v) is 10.5. The number of aromatic nitrogens is 3. The summed E-state index contributed by atoms with van der Waals surface area (Å²) >= 11 is 5.68. The lowest BCUT2D eigenvalue weighted by Gasteiger charge is -2.11. The van der Waals surface area contributed by atoms with Crippen LogP contribution in [-0.4, -0.2) is 34.7 Å². The van der Waals surface area contributed by atoms with Gasteiger partial charge in [0.15, 0.2) is 0 Å². The van der Waals surface area contributed by atoms with Gasteiger partial charge in [0.2, 0.25) is 5.95 Å². The van der Waals surface area contributed by atoms with Gasteiger partial charge in [-0.15, -0.1) is 16.7 Å². The maximum atomic E-state index is 5.68. The van der Waals surface area contributed by atoms with Crippen molar-refractivity contribution in [3.8, 4) is 0 Å². The number of H-pyrrole nitrogens is 1. The molecule has 17 heavy (non-hydrogen) atoms. The molecule has 0 amide bonds. The molecule has 0 aliphatic heterocycles. The first kappa shape index (κ1) is 11.9. The smallest absolute Gasteiger partial charge is 0.244 e. The van der Waals surface area contributed by atoms with E-state index in [0.717, 1.165) is 18.8 Å². The van der Waals surface area contributed by atoms with Gasteiger partial charge in [0, 0.05) is 25.9 Å². The van der Waals surface area contributed by atoms with E-state index < -0.39 is 0 Å². The molecular weight excluding hydrogens is 236 g/mol. The number of aromatic amines is 1. The number of nitrogens with one attached hydrogen (secondary N) is 1. The number of hydrogen-bond acceptors (Lipinski definition) is 3. The van der Waals surface area contributed by atoms with Crippen LogP contribution in [0.15, 0.2) is 30.3 Å². The average molecular weight is 251 g/mol. The molecule has 0 radical (unpaired) electrons. The summed E-state index contributed by atoms with van der Waals surface area (Å²) in [5.41, 5.74) is 1.22. The quantitative estimate of drug-likeness (QED) is 0.827. The van der Waals surface area contributed by atoms with Crippen LogP contribution in [0.2, 0.25) is 0 Å². The maximum absolute atomic E-state index is 5.68. The highest BCUT2D eigenvalue weighted by Crippen LogP contribution is 2.09. The first-order valence-corrected chi connectivity index (χ1v) is 6.05. The first-order chi connectivity index (χ1) is 8.29. The summed E-state index contributed by atoms with van der Waals surface area (Å²) in [7, 11) is 1.93. The highest BCUT2D eigenvalue weighted by molar-refractivity contribution is 6.18. The predicted molar refractivity (Wildman–Crippen MR) is 69.6 cm³/mol. The van der Waals surface area contributed by atoms with Crippen molar-refractivity contribution in [1.29, 1.82) is 0 Å². The Labute approximate surface area is 106 Å². The lowest BCUT2D eigenvalue weighted by Crippen LogP contribution is -2.20. The van der Waals surface area contributed by atoms with E-state index in [1.165, 1.54) is 5.56 Å². The second-order valence-corrected chi connectivity index (χ2v) is 4.23. The van der Waals surface area contributed by atoms with Crippen molar-refractivity contribution in [3.63, 3.8) is 0 Å². The fraction of sp³-hybridized carbons (Fsp3) is 0.333. The predicted octanol–water partition coefficient (Wildman–Crippen LogP) is 2.07. The summed E-state index contributed by atoms with van der Waals surface area (Å²) in [6, 6.07) is 10.2. The van der Waals surface area contributed by atoms with E-state index in [4.69, 9.17) is 11.6 Å². The van der Waals surface area contributed by atoms with Crippen molar-refractivity contribution in [1.82, 2.24) is 15.2 Å². The Morgan fingerprint density at radius 1 is 1.29 bits per heavy atom. The normalized spacial score (nSPS) is 10.5. The Bertz CT molecular complexity index is 455. The Kier molecular flexibility index (Phi) is 3.98. The molecule has 1 aromatic heterocycles. The SMILES string of the molecule is CN(CCCl)c1n[nH]c(Cc2ccccc2)n1. The van der Waals surface area contributed by atoms with Gasteiger partial charge in [0.25, 0.3) is 0 Å². The van der Waals surface area contributed by atoms with E-state index in [9.17, 15) is 0 Å². The molecule has 2 aromatic rings. The van der Waals surface area contributed by atoms with Gasteiger partial charge in [0.05, 0.1) is 0 Å². The molecule has 4 nitrogen and oxygen atoms in total. The molecule has 90 valence electrons. The molecule has 0 aliphatic rings. The number of hydrogen-bond donors (Lipinski definition) is 1. The molecule has 0 unspecified atom stereocenters. The molecular formula is C12H15ClN4. The van der Waals surface area contributed by atoms with Gasteiger partial charge in [-0.2, -0.15) is 4.98 Å². The minimum atomic E-state index is 0.569. The van der Waals surface area contributed by atoms with Crippen molar-refractivity contribution < 1.29 is 0 Å². The number of rotatable bonds is 5. The standard InChI is InChI=1S/C12H15ClN4/c1-17(8-7-13)12-14-11(15-16-12)9-10-5-3-2-4-6-10/h2-6H,7-9H2,1H3,(H,14,15,16). The third-order valence-corrected chi connectivity index (χ3v) is 2.66. The van der Waals surface area contributed by atoms with Gasteiger partial charge in [-0.25, -0.2) is 0 Å². The van der Waals surface area contributed by atoms with Crippen LogP contribution in [0.5, 0.6) is 0 Å². The topological polar surface area (TPSA) is 44.8 Å². The Morgan fingerprint density at radius 2 is 2.06 bits per heavy atom. The molecule has 1 aromatic carbocycles. The van der Waals surface area contributed by atoms with E-state index in [1.807, 2.05) is 30.1 Å². The third kappa shape index (κ3) is 3.20. The highest BCUT2D eigenvalue weighted by atomic mass is 35.5. The number of benzene rings is 1. The average Bonchev–Trinajstić information content (AvgIpc) is 2.79. The summed E-state index contributed by atoms with van der Waals surface area (Å²) < 4.78 is 0. The zero-order valence-electron chi connectivity index (χ0n) is 9.73. The summed E-state index contributed by atoms with van der Waals surface area (Å²) in [4.78, 5) is 6.35. The van der Waals surface area contributed by atoms with Crippen LogP contribution in [0.1, 0.15) is 11.4 Å². The summed E-state index contributed by atoms with van der Waals surface area (Å²) in [5.74, 6) is 2.13. The molecule has 0 saturated heterocycles. The van der Waals surface area contributed by atoms with E-state index in [1.54, 1.807) is 0 Å². The molecule has 0 atom stereocenters. The summed E-state index contributed by atoms with van der Waals surface area (Å²) in [5, 5.41) is 7.11. The second-order valence-electron chi connectivity index (χ2n) is 3.86. The molecule has 0 bridgehead atoms. The van der Waals surface area contributed by atoms with E-state index >= 15 is 0 Å². The lowest BCUT2D eigenvalue weighted by atomic mass is 10.1. The minimum Gasteiger partial charge on any atom is -0.341 e. The van der Waals surface area contributed by atoms with Gasteiger partial charge in [0.1, 0.15) is 5.82 Å². The number of alkyl halides is 1. The Balaban J connectivity index is 2.04. The first-order valence-electron chi connectivity index (χ1n) is 5.52. The van der Waals surface area contributed by atoms with Crippen LogP contribution in [0.4, 0.5) is 5.95 Å². The molecule has 0 aliphatic carbocycles. The number of halogens is 1. The van der Waals surface area contributed by atoms with Crippen molar-refractivity contribution in [2.45, 2.75) is 6.42 Å². The van der Waals surface area contributed by atoms with Crippen LogP contribution < -0.4 is 4.90 Å². The fourth-order valence-electron chi connectivity index (χ4n) is 1.55. The fourth-order valence-corrected chi connectivity index (χ4v) is 1.80. The van der Waals surface area contributed by atoms with E-state index in [-0.39, 0.29) is 0 Å². The van der Waals surface area contributed by atoms with Gasteiger partial charge in [-0.1, -0.05) is 30.3 Å². The maximum Gasteiger partial charge on any atom is 0.244 e. The highest BCUT2D eigenvalue weighted by Gasteiger charge is 2.07. The van der Waals surface area contributed by atoms with Crippen LogP contribution in [-0.2, 0) is 6.42 Å². The Morgan fingerprint density at radius 3 is 2.76 bits per heavy atom. The molecule has 0 spiro atoms.